The number of amides is 1. The van der Waals surface area contributed by atoms with Crippen LogP contribution >= 0.6 is 11.3 Å². The lowest BCUT2D eigenvalue weighted by molar-refractivity contribution is -0.123. The van der Waals surface area contributed by atoms with Crippen molar-refractivity contribution >= 4 is 17.2 Å². The SMILES string of the molecule is CCc1ccc(OCC(=O)NCc2csc(-c3ccccc3)n2)cc1. The second kappa shape index (κ2) is 8.44. The number of aromatic nitrogens is 1. The molecule has 0 fully saturated rings. The average molecular weight is 352 g/mol. The molecule has 4 nitrogen and oxygen atoms in total. The van der Waals surface area contributed by atoms with Crippen LogP contribution in [0.15, 0.2) is 60.0 Å². The van der Waals surface area contributed by atoms with Crippen molar-refractivity contribution in [3.63, 3.8) is 0 Å². The molecule has 0 radical (unpaired) electrons. The molecule has 0 aliphatic carbocycles. The van der Waals surface area contributed by atoms with E-state index in [9.17, 15) is 4.79 Å². The Balaban J connectivity index is 1.46. The Morgan fingerprint density at radius 2 is 1.88 bits per heavy atom. The molecule has 1 aromatic heterocycles. The highest BCUT2D eigenvalue weighted by molar-refractivity contribution is 7.13. The summed E-state index contributed by atoms with van der Waals surface area (Å²) in [7, 11) is 0. The highest BCUT2D eigenvalue weighted by atomic mass is 32.1. The van der Waals surface area contributed by atoms with Crippen LogP contribution < -0.4 is 10.1 Å². The van der Waals surface area contributed by atoms with Crippen LogP contribution in [-0.4, -0.2) is 17.5 Å². The van der Waals surface area contributed by atoms with Gasteiger partial charge in [0, 0.05) is 10.9 Å². The quantitative estimate of drug-likeness (QED) is 0.697. The van der Waals surface area contributed by atoms with Crippen molar-refractivity contribution in [2.45, 2.75) is 19.9 Å². The largest absolute Gasteiger partial charge is 0.484 e. The highest BCUT2D eigenvalue weighted by Crippen LogP contribution is 2.23. The molecule has 0 unspecified atom stereocenters. The van der Waals surface area contributed by atoms with Crippen LogP contribution in [0.25, 0.3) is 10.6 Å². The number of ether oxygens (including phenoxy) is 1. The number of rotatable bonds is 7. The molecule has 0 aliphatic rings. The molecule has 0 saturated heterocycles. The molecular weight excluding hydrogens is 332 g/mol. The van der Waals surface area contributed by atoms with Gasteiger partial charge in [-0.3, -0.25) is 4.79 Å². The maximum atomic E-state index is 11.9. The van der Waals surface area contributed by atoms with Crippen molar-refractivity contribution in [3.8, 4) is 16.3 Å². The molecule has 25 heavy (non-hydrogen) atoms. The fourth-order valence-corrected chi connectivity index (χ4v) is 3.14. The van der Waals surface area contributed by atoms with E-state index in [2.05, 4.69) is 17.2 Å². The third-order valence-corrected chi connectivity index (χ3v) is 4.68. The van der Waals surface area contributed by atoms with Crippen molar-refractivity contribution in [1.29, 1.82) is 0 Å². The second-order valence-corrected chi connectivity index (χ2v) is 6.43. The predicted molar refractivity (Wildman–Crippen MR) is 101 cm³/mol. The zero-order valence-electron chi connectivity index (χ0n) is 14.1. The number of carbonyl (C=O) groups excluding carboxylic acids is 1. The van der Waals surface area contributed by atoms with E-state index in [1.807, 2.05) is 60.0 Å². The molecule has 3 aromatic rings. The zero-order chi connectivity index (χ0) is 17.5. The molecule has 1 amide bonds. The molecule has 2 aromatic carbocycles. The zero-order valence-corrected chi connectivity index (χ0v) is 14.9. The van der Waals surface area contributed by atoms with Crippen LogP contribution in [0.3, 0.4) is 0 Å². The van der Waals surface area contributed by atoms with E-state index in [0.717, 1.165) is 22.7 Å². The summed E-state index contributed by atoms with van der Waals surface area (Å²) in [5.41, 5.74) is 3.18. The summed E-state index contributed by atoms with van der Waals surface area (Å²) in [6, 6.07) is 17.8. The monoisotopic (exact) mass is 352 g/mol. The maximum Gasteiger partial charge on any atom is 0.258 e. The van der Waals surface area contributed by atoms with Gasteiger partial charge in [-0.15, -0.1) is 11.3 Å². The van der Waals surface area contributed by atoms with Gasteiger partial charge >= 0.3 is 0 Å². The van der Waals surface area contributed by atoms with Crippen molar-refractivity contribution in [2.75, 3.05) is 6.61 Å². The van der Waals surface area contributed by atoms with Crippen LogP contribution in [0.4, 0.5) is 0 Å². The molecule has 0 atom stereocenters. The van der Waals surface area contributed by atoms with Gasteiger partial charge in [0.05, 0.1) is 12.2 Å². The van der Waals surface area contributed by atoms with E-state index in [1.165, 1.54) is 5.56 Å². The molecular formula is C20H20N2O2S. The number of aryl methyl sites for hydroxylation is 1. The first-order chi connectivity index (χ1) is 12.2. The summed E-state index contributed by atoms with van der Waals surface area (Å²) in [4.78, 5) is 16.5. The number of thiazole rings is 1. The molecule has 0 aliphatic heterocycles. The third-order valence-electron chi connectivity index (χ3n) is 3.74. The number of nitrogens with one attached hydrogen (secondary N) is 1. The van der Waals surface area contributed by atoms with E-state index >= 15 is 0 Å². The van der Waals surface area contributed by atoms with Crippen LogP contribution in [0.2, 0.25) is 0 Å². The number of hydrogen-bond donors (Lipinski definition) is 1. The normalized spacial score (nSPS) is 10.4. The van der Waals surface area contributed by atoms with Crippen LogP contribution in [-0.2, 0) is 17.8 Å². The van der Waals surface area contributed by atoms with Gasteiger partial charge in [0.2, 0.25) is 0 Å². The van der Waals surface area contributed by atoms with E-state index < -0.39 is 0 Å². The van der Waals surface area contributed by atoms with Crippen LogP contribution in [0.5, 0.6) is 5.75 Å². The first-order valence-corrected chi connectivity index (χ1v) is 9.11. The Morgan fingerprint density at radius 3 is 2.60 bits per heavy atom. The molecule has 0 saturated carbocycles. The first kappa shape index (κ1) is 17.2. The Bertz CT molecular complexity index is 813. The fourth-order valence-electron chi connectivity index (χ4n) is 2.31. The summed E-state index contributed by atoms with van der Waals surface area (Å²) in [5, 5.41) is 5.76. The summed E-state index contributed by atoms with van der Waals surface area (Å²) in [6.45, 7) is 2.51. The van der Waals surface area contributed by atoms with Crippen LogP contribution in [0, 0.1) is 0 Å². The number of benzene rings is 2. The maximum absolute atomic E-state index is 11.9. The second-order valence-electron chi connectivity index (χ2n) is 5.57. The Hall–Kier alpha value is -2.66. The molecule has 128 valence electrons. The van der Waals surface area contributed by atoms with E-state index in [1.54, 1.807) is 11.3 Å². The number of nitrogens with zero attached hydrogens (tertiary/aromatic N) is 1. The minimum atomic E-state index is -0.158. The Kier molecular flexibility index (Phi) is 5.80. The lowest BCUT2D eigenvalue weighted by Crippen LogP contribution is -2.28. The Morgan fingerprint density at radius 1 is 1.12 bits per heavy atom. The van der Waals surface area contributed by atoms with Gasteiger partial charge < -0.3 is 10.1 Å². The average Bonchev–Trinajstić information content (AvgIpc) is 3.15. The van der Waals surface area contributed by atoms with Crippen molar-refractivity contribution in [3.05, 3.63) is 71.2 Å². The topological polar surface area (TPSA) is 51.2 Å². The summed E-state index contributed by atoms with van der Waals surface area (Å²) < 4.78 is 5.50. The fraction of sp³-hybridized carbons (Fsp3) is 0.200. The van der Waals surface area contributed by atoms with Crippen molar-refractivity contribution in [2.24, 2.45) is 0 Å². The molecule has 5 heteroatoms. The molecule has 0 spiro atoms. The first-order valence-electron chi connectivity index (χ1n) is 8.23. The van der Waals surface area contributed by atoms with Crippen molar-refractivity contribution < 1.29 is 9.53 Å². The van der Waals surface area contributed by atoms with Gasteiger partial charge in [-0.1, -0.05) is 49.4 Å². The lowest BCUT2D eigenvalue weighted by atomic mass is 10.2. The standard InChI is InChI=1S/C20H20N2O2S/c1-2-15-8-10-18(11-9-15)24-13-19(23)21-12-17-14-25-20(22-17)16-6-4-3-5-7-16/h3-11,14H,2,12-13H2,1H3,(H,21,23). The van der Waals surface area contributed by atoms with Gasteiger partial charge in [0.25, 0.3) is 5.91 Å². The summed E-state index contributed by atoms with van der Waals surface area (Å²) in [5.74, 6) is 0.543. The summed E-state index contributed by atoms with van der Waals surface area (Å²) >= 11 is 1.57. The lowest BCUT2D eigenvalue weighted by Gasteiger charge is -2.07. The van der Waals surface area contributed by atoms with E-state index in [-0.39, 0.29) is 12.5 Å². The smallest absolute Gasteiger partial charge is 0.258 e. The van der Waals surface area contributed by atoms with Gasteiger partial charge in [0.1, 0.15) is 10.8 Å². The van der Waals surface area contributed by atoms with E-state index in [4.69, 9.17) is 4.74 Å². The van der Waals surface area contributed by atoms with E-state index in [0.29, 0.717) is 12.3 Å². The molecule has 0 bridgehead atoms. The van der Waals surface area contributed by atoms with Gasteiger partial charge in [-0.05, 0) is 24.1 Å². The summed E-state index contributed by atoms with van der Waals surface area (Å²) in [6.07, 6.45) is 0.985. The minimum Gasteiger partial charge on any atom is -0.484 e. The molecule has 3 rings (SSSR count). The number of hydrogen-bond acceptors (Lipinski definition) is 4. The predicted octanol–water partition coefficient (Wildman–Crippen LogP) is 4.07. The minimum absolute atomic E-state index is 0.00114. The Labute approximate surface area is 151 Å². The molecule has 1 N–H and O–H groups in total. The van der Waals surface area contributed by atoms with Crippen LogP contribution in [0.1, 0.15) is 18.2 Å². The van der Waals surface area contributed by atoms with Gasteiger partial charge in [-0.25, -0.2) is 4.98 Å². The highest BCUT2D eigenvalue weighted by Gasteiger charge is 2.07. The third kappa shape index (κ3) is 4.90. The van der Waals surface area contributed by atoms with Crippen molar-refractivity contribution in [1.82, 2.24) is 10.3 Å². The molecule has 1 heterocycles. The van der Waals surface area contributed by atoms with Gasteiger partial charge in [-0.2, -0.15) is 0 Å². The van der Waals surface area contributed by atoms with Gasteiger partial charge in [0.15, 0.2) is 6.61 Å². The number of carbonyl (C=O) groups is 1.